The zero-order chi connectivity index (χ0) is 12.3. The SMILES string of the molecule is CSc1ccccc1Nc1nnc(C(C)N)o1. The fraction of sp³-hybridized carbons (Fsp3) is 0.273. The molecule has 0 aliphatic carbocycles. The van der Waals surface area contributed by atoms with Gasteiger partial charge in [0.05, 0.1) is 11.7 Å². The Morgan fingerprint density at radius 1 is 1.35 bits per heavy atom. The summed E-state index contributed by atoms with van der Waals surface area (Å²) in [7, 11) is 0. The third-order valence-electron chi connectivity index (χ3n) is 2.18. The van der Waals surface area contributed by atoms with E-state index < -0.39 is 0 Å². The van der Waals surface area contributed by atoms with Gasteiger partial charge in [0.1, 0.15) is 0 Å². The summed E-state index contributed by atoms with van der Waals surface area (Å²) in [5.41, 5.74) is 6.59. The molecule has 0 amide bonds. The van der Waals surface area contributed by atoms with E-state index in [1.54, 1.807) is 18.7 Å². The molecule has 2 rings (SSSR count). The van der Waals surface area contributed by atoms with Gasteiger partial charge in [0.25, 0.3) is 0 Å². The van der Waals surface area contributed by atoms with E-state index in [4.69, 9.17) is 10.2 Å². The lowest BCUT2D eigenvalue weighted by atomic mass is 10.3. The van der Waals surface area contributed by atoms with Crippen LogP contribution in [0.2, 0.25) is 0 Å². The predicted octanol–water partition coefficient (Wildman–Crippen LogP) is 2.55. The van der Waals surface area contributed by atoms with E-state index in [0.29, 0.717) is 11.9 Å². The number of benzene rings is 1. The van der Waals surface area contributed by atoms with Gasteiger partial charge in [-0.3, -0.25) is 0 Å². The molecule has 5 nitrogen and oxygen atoms in total. The van der Waals surface area contributed by atoms with Gasteiger partial charge in [-0.15, -0.1) is 16.9 Å². The molecule has 0 fully saturated rings. The fourth-order valence-electron chi connectivity index (χ4n) is 1.33. The van der Waals surface area contributed by atoms with Crippen molar-refractivity contribution in [3.63, 3.8) is 0 Å². The number of aromatic nitrogens is 2. The minimum Gasteiger partial charge on any atom is -0.406 e. The van der Waals surface area contributed by atoms with Crippen LogP contribution >= 0.6 is 11.8 Å². The summed E-state index contributed by atoms with van der Waals surface area (Å²) in [5.74, 6) is 0.425. The summed E-state index contributed by atoms with van der Waals surface area (Å²) in [4.78, 5) is 1.12. The fourth-order valence-corrected chi connectivity index (χ4v) is 1.89. The number of nitrogens with two attached hydrogens (primary N) is 1. The predicted molar refractivity (Wildman–Crippen MR) is 68.4 cm³/mol. The maximum Gasteiger partial charge on any atom is 0.320 e. The first-order valence-electron chi connectivity index (χ1n) is 5.19. The molecule has 1 aromatic heterocycles. The summed E-state index contributed by atoms with van der Waals surface area (Å²) in [6, 6.07) is 8.02. The maximum atomic E-state index is 5.65. The molecule has 0 bridgehead atoms. The summed E-state index contributed by atoms with van der Waals surface area (Å²) >= 11 is 1.65. The smallest absolute Gasteiger partial charge is 0.320 e. The van der Waals surface area contributed by atoms with Crippen LogP contribution in [-0.4, -0.2) is 16.5 Å². The highest BCUT2D eigenvalue weighted by Gasteiger charge is 2.10. The van der Waals surface area contributed by atoms with E-state index in [-0.39, 0.29) is 6.04 Å². The molecule has 6 heteroatoms. The standard InChI is InChI=1S/C11H14N4OS/c1-7(12)10-14-15-11(16-10)13-8-5-3-4-6-9(8)17-2/h3-7H,12H2,1-2H3,(H,13,15). The first-order chi connectivity index (χ1) is 8.20. The van der Waals surface area contributed by atoms with Crippen LogP contribution in [0.3, 0.4) is 0 Å². The largest absolute Gasteiger partial charge is 0.406 e. The van der Waals surface area contributed by atoms with Gasteiger partial charge < -0.3 is 15.5 Å². The molecule has 3 N–H and O–H groups in total. The Morgan fingerprint density at radius 3 is 2.76 bits per heavy atom. The zero-order valence-electron chi connectivity index (χ0n) is 9.68. The third-order valence-corrected chi connectivity index (χ3v) is 2.97. The van der Waals surface area contributed by atoms with E-state index in [9.17, 15) is 0 Å². The Bertz CT molecular complexity index is 498. The summed E-state index contributed by atoms with van der Waals surface area (Å²) in [6.07, 6.45) is 2.02. The van der Waals surface area contributed by atoms with Crippen molar-refractivity contribution >= 4 is 23.5 Å². The Balaban J connectivity index is 2.19. The number of nitrogens with one attached hydrogen (secondary N) is 1. The van der Waals surface area contributed by atoms with Crippen LogP contribution in [0.5, 0.6) is 0 Å². The van der Waals surface area contributed by atoms with Crippen molar-refractivity contribution in [2.75, 3.05) is 11.6 Å². The van der Waals surface area contributed by atoms with Crippen LogP contribution < -0.4 is 11.1 Å². The Labute approximate surface area is 104 Å². The van der Waals surface area contributed by atoms with Gasteiger partial charge in [-0.2, -0.15) is 0 Å². The van der Waals surface area contributed by atoms with Crippen molar-refractivity contribution in [1.29, 1.82) is 0 Å². The molecular formula is C11H14N4OS. The van der Waals surface area contributed by atoms with E-state index in [0.717, 1.165) is 10.6 Å². The molecule has 1 unspecified atom stereocenters. The minimum atomic E-state index is -0.256. The van der Waals surface area contributed by atoms with E-state index in [2.05, 4.69) is 15.5 Å². The van der Waals surface area contributed by atoms with Gasteiger partial charge in [0.2, 0.25) is 5.89 Å². The molecule has 2 aromatic rings. The second kappa shape index (κ2) is 5.20. The summed E-state index contributed by atoms with van der Waals surface area (Å²) in [5, 5.41) is 10.8. The molecule has 1 aromatic carbocycles. The molecule has 0 aliphatic rings. The van der Waals surface area contributed by atoms with Crippen molar-refractivity contribution in [1.82, 2.24) is 10.2 Å². The van der Waals surface area contributed by atoms with Crippen LogP contribution in [0.4, 0.5) is 11.7 Å². The number of para-hydroxylation sites is 1. The maximum absolute atomic E-state index is 5.65. The summed E-state index contributed by atoms with van der Waals surface area (Å²) in [6.45, 7) is 1.80. The van der Waals surface area contributed by atoms with E-state index in [1.807, 2.05) is 30.5 Å². The number of anilines is 2. The second-order valence-corrected chi connectivity index (χ2v) is 4.41. The van der Waals surface area contributed by atoms with Gasteiger partial charge in [-0.1, -0.05) is 17.2 Å². The number of nitrogens with zero attached hydrogens (tertiary/aromatic N) is 2. The minimum absolute atomic E-state index is 0.256. The molecular weight excluding hydrogens is 236 g/mol. The lowest BCUT2D eigenvalue weighted by Crippen LogP contribution is -2.04. The van der Waals surface area contributed by atoms with Crippen molar-refractivity contribution < 1.29 is 4.42 Å². The molecule has 0 aliphatic heterocycles. The third kappa shape index (κ3) is 2.78. The monoisotopic (exact) mass is 250 g/mol. The molecule has 90 valence electrons. The van der Waals surface area contributed by atoms with Crippen LogP contribution in [0.1, 0.15) is 18.9 Å². The van der Waals surface area contributed by atoms with Crippen LogP contribution in [-0.2, 0) is 0 Å². The molecule has 0 radical (unpaired) electrons. The van der Waals surface area contributed by atoms with Crippen molar-refractivity contribution in [3.05, 3.63) is 30.2 Å². The van der Waals surface area contributed by atoms with E-state index in [1.165, 1.54) is 0 Å². The quantitative estimate of drug-likeness (QED) is 0.812. The van der Waals surface area contributed by atoms with Gasteiger partial charge >= 0.3 is 6.01 Å². The molecule has 0 spiro atoms. The molecule has 1 heterocycles. The second-order valence-electron chi connectivity index (χ2n) is 3.56. The molecule has 0 saturated carbocycles. The summed E-state index contributed by atoms with van der Waals surface area (Å²) < 4.78 is 5.38. The average molecular weight is 250 g/mol. The van der Waals surface area contributed by atoms with Gasteiger partial charge in [0.15, 0.2) is 0 Å². The normalized spacial score (nSPS) is 12.4. The van der Waals surface area contributed by atoms with Crippen molar-refractivity contribution in [3.8, 4) is 0 Å². The van der Waals surface area contributed by atoms with Crippen LogP contribution in [0, 0.1) is 0 Å². The number of rotatable bonds is 4. The van der Waals surface area contributed by atoms with Crippen molar-refractivity contribution in [2.45, 2.75) is 17.9 Å². The van der Waals surface area contributed by atoms with Crippen LogP contribution in [0.15, 0.2) is 33.6 Å². The highest BCUT2D eigenvalue weighted by atomic mass is 32.2. The first-order valence-corrected chi connectivity index (χ1v) is 6.42. The average Bonchev–Trinajstić information content (AvgIpc) is 2.78. The van der Waals surface area contributed by atoms with Gasteiger partial charge in [-0.25, -0.2) is 0 Å². The molecule has 0 saturated heterocycles. The topological polar surface area (TPSA) is 77.0 Å². The highest BCUT2D eigenvalue weighted by Crippen LogP contribution is 2.27. The van der Waals surface area contributed by atoms with Gasteiger partial charge in [0, 0.05) is 4.90 Å². The highest BCUT2D eigenvalue weighted by molar-refractivity contribution is 7.98. The van der Waals surface area contributed by atoms with Crippen molar-refractivity contribution in [2.24, 2.45) is 5.73 Å². The number of thioether (sulfide) groups is 1. The Hall–Kier alpha value is -1.53. The lowest BCUT2D eigenvalue weighted by molar-refractivity contribution is 0.475. The zero-order valence-corrected chi connectivity index (χ0v) is 10.5. The first kappa shape index (κ1) is 11.9. The molecule has 1 atom stereocenters. The Kier molecular flexibility index (Phi) is 3.65. The Morgan fingerprint density at radius 2 is 2.12 bits per heavy atom. The van der Waals surface area contributed by atoms with E-state index >= 15 is 0 Å². The number of hydrogen-bond donors (Lipinski definition) is 2. The van der Waals surface area contributed by atoms with Crippen LogP contribution in [0.25, 0.3) is 0 Å². The molecule has 17 heavy (non-hydrogen) atoms. The lowest BCUT2D eigenvalue weighted by Gasteiger charge is -2.06. The van der Waals surface area contributed by atoms with Gasteiger partial charge in [-0.05, 0) is 25.3 Å². The number of hydrogen-bond acceptors (Lipinski definition) is 6.